The zero-order chi connectivity index (χ0) is 15.6. The number of oxazole rings is 1. The van der Waals surface area contributed by atoms with Gasteiger partial charge in [-0.15, -0.1) is 0 Å². The van der Waals surface area contributed by atoms with Gasteiger partial charge in [0.1, 0.15) is 5.69 Å². The molecule has 3 heterocycles. The lowest BCUT2D eigenvalue weighted by Crippen LogP contribution is -2.04. The van der Waals surface area contributed by atoms with E-state index in [9.17, 15) is 4.79 Å². The molecule has 0 amide bonds. The minimum Gasteiger partial charge on any atom is -0.434 e. The number of rotatable bonds is 3. The van der Waals surface area contributed by atoms with Crippen molar-refractivity contribution in [2.24, 2.45) is 0 Å². The Balaban J connectivity index is 1.85. The van der Waals surface area contributed by atoms with Crippen LogP contribution in [0.2, 0.25) is 0 Å². The molecular formula is C18H11N3O2. The van der Waals surface area contributed by atoms with E-state index < -0.39 is 0 Å². The molecule has 0 fully saturated rings. The van der Waals surface area contributed by atoms with Crippen molar-refractivity contribution in [3.8, 4) is 11.5 Å². The number of ketones is 1. The summed E-state index contributed by atoms with van der Waals surface area (Å²) < 4.78 is 5.81. The van der Waals surface area contributed by atoms with Gasteiger partial charge in [-0.2, -0.15) is 4.98 Å². The van der Waals surface area contributed by atoms with Gasteiger partial charge in [-0.1, -0.05) is 24.3 Å². The van der Waals surface area contributed by atoms with E-state index in [1.165, 1.54) is 0 Å². The molecule has 4 rings (SSSR count). The average Bonchev–Trinajstić information content (AvgIpc) is 3.07. The fraction of sp³-hybridized carbons (Fsp3) is 0. The van der Waals surface area contributed by atoms with Crippen molar-refractivity contribution in [3.63, 3.8) is 0 Å². The third kappa shape index (κ3) is 2.38. The molecule has 4 aromatic rings. The first-order chi connectivity index (χ1) is 11.3. The fourth-order valence-corrected chi connectivity index (χ4v) is 2.35. The van der Waals surface area contributed by atoms with E-state index in [1.807, 2.05) is 30.3 Å². The van der Waals surface area contributed by atoms with E-state index in [0.29, 0.717) is 28.4 Å². The van der Waals surface area contributed by atoms with Gasteiger partial charge < -0.3 is 4.42 Å². The summed E-state index contributed by atoms with van der Waals surface area (Å²) in [4.78, 5) is 25.3. The van der Waals surface area contributed by atoms with Gasteiger partial charge >= 0.3 is 0 Å². The molecule has 5 nitrogen and oxygen atoms in total. The lowest BCUT2D eigenvalue weighted by atomic mass is 10.1. The standard InChI is InChI=1S/C18H11N3O2/c22-15(14-8-4-5-10-19-14)13-9-11-20-17-16(13)23-18(21-17)12-6-2-1-3-7-12/h1-11H. The van der Waals surface area contributed by atoms with Gasteiger partial charge in [-0.05, 0) is 30.3 Å². The predicted molar refractivity (Wildman–Crippen MR) is 84.9 cm³/mol. The van der Waals surface area contributed by atoms with Crippen LogP contribution in [0.3, 0.4) is 0 Å². The SMILES string of the molecule is O=C(c1ccccn1)c1ccnc2nc(-c3ccccc3)oc12. The monoisotopic (exact) mass is 301 g/mol. The predicted octanol–water partition coefficient (Wildman–Crippen LogP) is 3.52. The molecule has 1 aromatic carbocycles. The van der Waals surface area contributed by atoms with Gasteiger partial charge in [-0.25, -0.2) is 4.98 Å². The number of carbonyl (C=O) groups is 1. The Morgan fingerprint density at radius 1 is 0.870 bits per heavy atom. The maximum absolute atomic E-state index is 12.6. The van der Waals surface area contributed by atoms with E-state index in [1.54, 1.807) is 36.7 Å². The largest absolute Gasteiger partial charge is 0.434 e. The van der Waals surface area contributed by atoms with E-state index in [0.717, 1.165) is 5.56 Å². The van der Waals surface area contributed by atoms with Crippen LogP contribution in [-0.4, -0.2) is 20.7 Å². The second kappa shape index (κ2) is 5.46. The summed E-state index contributed by atoms with van der Waals surface area (Å²) in [5.41, 5.74) is 2.38. The Morgan fingerprint density at radius 2 is 1.70 bits per heavy atom. The number of carbonyl (C=O) groups excluding carboxylic acids is 1. The summed E-state index contributed by atoms with van der Waals surface area (Å²) >= 11 is 0. The van der Waals surface area contributed by atoms with Crippen LogP contribution in [0.1, 0.15) is 16.1 Å². The maximum Gasteiger partial charge on any atom is 0.228 e. The van der Waals surface area contributed by atoms with Gasteiger partial charge in [0.05, 0.1) is 5.56 Å². The van der Waals surface area contributed by atoms with Crippen LogP contribution in [0.25, 0.3) is 22.7 Å². The van der Waals surface area contributed by atoms with E-state index in [-0.39, 0.29) is 5.78 Å². The number of hydrogen-bond acceptors (Lipinski definition) is 5. The van der Waals surface area contributed by atoms with Crippen LogP contribution in [-0.2, 0) is 0 Å². The van der Waals surface area contributed by atoms with E-state index in [2.05, 4.69) is 15.0 Å². The molecule has 23 heavy (non-hydrogen) atoms. The first-order valence-electron chi connectivity index (χ1n) is 7.09. The summed E-state index contributed by atoms with van der Waals surface area (Å²) in [6, 6.07) is 16.3. The molecule has 0 aliphatic heterocycles. The number of aromatic nitrogens is 3. The second-order valence-corrected chi connectivity index (χ2v) is 4.94. The minimum atomic E-state index is -0.214. The van der Waals surface area contributed by atoms with Gasteiger partial charge in [-0.3, -0.25) is 9.78 Å². The van der Waals surface area contributed by atoms with Crippen molar-refractivity contribution in [1.29, 1.82) is 0 Å². The Labute approximate surface area is 131 Å². The quantitative estimate of drug-likeness (QED) is 0.542. The molecular weight excluding hydrogens is 290 g/mol. The van der Waals surface area contributed by atoms with Crippen LogP contribution in [0.4, 0.5) is 0 Å². The lowest BCUT2D eigenvalue weighted by molar-refractivity contribution is 0.103. The molecule has 0 aliphatic carbocycles. The Bertz CT molecular complexity index is 979. The highest BCUT2D eigenvalue weighted by Crippen LogP contribution is 2.26. The second-order valence-electron chi connectivity index (χ2n) is 4.94. The van der Waals surface area contributed by atoms with Crippen molar-refractivity contribution in [3.05, 3.63) is 78.2 Å². The Kier molecular flexibility index (Phi) is 3.16. The first-order valence-corrected chi connectivity index (χ1v) is 7.09. The molecule has 5 heteroatoms. The minimum absolute atomic E-state index is 0.214. The molecule has 0 N–H and O–H groups in total. The summed E-state index contributed by atoms with van der Waals surface area (Å²) in [6.45, 7) is 0. The van der Waals surface area contributed by atoms with Crippen molar-refractivity contribution < 1.29 is 9.21 Å². The van der Waals surface area contributed by atoms with Crippen molar-refractivity contribution >= 4 is 17.0 Å². The molecule has 3 aromatic heterocycles. The van der Waals surface area contributed by atoms with Crippen molar-refractivity contribution in [2.45, 2.75) is 0 Å². The fourth-order valence-electron chi connectivity index (χ4n) is 2.35. The normalized spacial score (nSPS) is 10.8. The Hall–Kier alpha value is -3.34. The van der Waals surface area contributed by atoms with Crippen molar-refractivity contribution in [1.82, 2.24) is 15.0 Å². The van der Waals surface area contributed by atoms with Crippen LogP contribution >= 0.6 is 0 Å². The van der Waals surface area contributed by atoms with Crippen molar-refractivity contribution in [2.75, 3.05) is 0 Å². The highest BCUT2D eigenvalue weighted by molar-refractivity contribution is 6.13. The summed E-state index contributed by atoms with van der Waals surface area (Å²) in [6.07, 6.45) is 3.14. The van der Waals surface area contributed by atoms with Crippen LogP contribution in [0.15, 0.2) is 71.4 Å². The first kappa shape index (κ1) is 13.3. The topological polar surface area (TPSA) is 68.9 Å². The number of fused-ring (bicyclic) bond motifs is 1. The zero-order valence-electron chi connectivity index (χ0n) is 12.0. The lowest BCUT2D eigenvalue weighted by Gasteiger charge is -1.99. The highest BCUT2D eigenvalue weighted by atomic mass is 16.3. The van der Waals surface area contributed by atoms with Gasteiger partial charge in [0.15, 0.2) is 11.2 Å². The molecule has 0 aliphatic rings. The molecule has 0 saturated heterocycles. The molecule has 0 atom stereocenters. The number of pyridine rings is 2. The van der Waals surface area contributed by atoms with E-state index in [4.69, 9.17) is 4.42 Å². The summed E-state index contributed by atoms with van der Waals surface area (Å²) in [5, 5.41) is 0. The smallest absolute Gasteiger partial charge is 0.228 e. The van der Waals surface area contributed by atoms with Gasteiger partial charge in [0, 0.05) is 18.0 Å². The zero-order valence-corrected chi connectivity index (χ0v) is 12.0. The average molecular weight is 301 g/mol. The Morgan fingerprint density at radius 3 is 2.48 bits per heavy atom. The molecule has 0 radical (unpaired) electrons. The van der Waals surface area contributed by atoms with Crippen LogP contribution < -0.4 is 0 Å². The maximum atomic E-state index is 12.6. The third-order valence-corrected chi connectivity index (χ3v) is 3.45. The van der Waals surface area contributed by atoms with Gasteiger partial charge in [0.2, 0.25) is 11.7 Å². The van der Waals surface area contributed by atoms with Crippen LogP contribution in [0.5, 0.6) is 0 Å². The molecule has 0 saturated carbocycles. The number of nitrogens with zero attached hydrogens (tertiary/aromatic N) is 3. The number of hydrogen-bond donors (Lipinski definition) is 0. The summed E-state index contributed by atoms with van der Waals surface area (Å²) in [5.74, 6) is 0.225. The van der Waals surface area contributed by atoms with Crippen LogP contribution in [0, 0.1) is 0 Å². The highest BCUT2D eigenvalue weighted by Gasteiger charge is 2.19. The summed E-state index contributed by atoms with van der Waals surface area (Å²) in [7, 11) is 0. The third-order valence-electron chi connectivity index (χ3n) is 3.45. The molecule has 110 valence electrons. The molecule has 0 unspecified atom stereocenters. The van der Waals surface area contributed by atoms with Gasteiger partial charge in [0.25, 0.3) is 0 Å². The number of benzene rings is 1. The molecule has 0 spiro atoms. The molecule has 0 bridgehead atoms. The van der Waals surface area contributed by atoms with E-state index >= 15 is 0 Å².